The predicted molar refractivity (Wildman–Crippen MR) is 59.4 cm³/mol. The van der Waals surface area contributed by atoms with Crippen LogP contribution in [-0.2, 0) is 6.42 Å². The molecule has 0 bridgehead atoms. The molecule has 1 heterocycles. The standard InChI is InChI=1S/C12H18N2/c1-2-4-11(5-3-1)6-7-12-10-13-8-9-14-12/h1-5,12-14H,6-10H2/t12-/m1/s1. The molecular weight excluding hydrogens is 172 g/mol. The summed E-state index contributed by atoms with van der Waals surface area (Å²) < 4.78 is 0. The van der Waals surface area contributed by atoms with Crippen LogP contribution in [0, 0.1) is 0 Å². The Labute approximate surface area is 85.7 Å². The van der Waals surface area contributed by atoms with E-state index in [0.29, 0.717) is 6.04 Å². The Bertz CT molecular complexity index is 252. The van der Waals surface area contributed by atoms with Gasteiger partial charge in [-0.3, -0.25) is 0 Å². The van der Waals surface area contributed by atoms with Crippen LogP contribution in [0.25, 0.3) is 0 Å². The van der Waals surface area contributed by atoms with Crippen molar-refractivity contribution in [2.45, 2.75) is 18.9 Å². The molecule has 14 heavy (non-hydrogen) atoms. The normalized spacial score (nSPS) is 22.1. The monoisotopic (exact) mass is 190 g/mol. The zero-order chi connectivity index (χ0) is 9.64. The summed E-state index contributed by atoms with van der Waals surface area (Å²) in [5, 5.41) is 6.94. The lowest BCUT2D eigenvalue weighted by Crippen LogP contribution is -2.48. The van der Waals surface area contributed by atoms with Gasteiger partial charge in [0, 0.05) is 25.7 Å². The highest BCUT2D eigenvalue weighted by Crippen LogP contribution is 2.05. The van der Waals surface area contributed by atoms with Crippen molar-refractivity contribution in [3.05, 3.63) is 35.9 Å². The first-order valence-corrected chi connectivity index (χ1v) is 5.43. The van der Waals surface area contributed by atoms with Crippen molar-refractivity contribution >= 4 is 0 Å². The molecule has 0 unspecified atom stereocenters. The number of benzene rings is 1. The van der Waals surface area contributed by atoms with Crippen LogP contribution in [0.3, 0.4) is 0 Å². The Kier molecular flexibility index (Phi) is 3.55. The summed E-state index contributed by atoms with van der Waals surface area (Å²) in [5.74, 6) is 0. The van der Waals surface area contributed by atoms with Crippen LogP contribution in [0.4, 0.5) is 0 Å². The topological polar surface area (TPSA) is 24.1 Å². The van der Waals surface area contributed by atoms with Crippen molar-refractivity contribution in [1.82, 2.24) is 10.6 Å². The van der Waals surface area contributed by atoms with Crippen molar-refractivity contribution in [1.29, 1.82) is 0 Å². The maximum atomic E-state index is 3.53. The molecule has 1 saturated heterocycles. The van der Waals surface area contributed by atoms with Crippen molar-refractivity contribution in [3.8, 4) is 0 Å². The molecule has 0 amide bonds. The van der Waals surface area contributed by atoms with E-state index in [-0.39, 0.29) is 0 Å². The van der Waals surface area contributed by atoms with E-state index in [2.05, 4.69) is 41.0 Å². The van der Waals surface area contributed by atoms with Crippen molar-refractivity contribution in [2.75, 3.05) is 19.6 Å². The average molecular weight is 190 g/mol. The smallest absolute Gasteiger partial charge is 0.0196 e. The maximum absolute atomic E-state index is 3.53. The molecule has 1 aliphatic heterocycles. The Balaban J connectivity index is 1.76. The summed E-state index contributed by atoms with van der Waals surface area (Å²) in [4.78, 5) is 0. The molecular formula is C12H18N2. The molecule has 76 valence electrons. The fraction of sp³-hybridized carbons (Fsp3) is 0.500. The minimum atomic E-state index is 0.656. The van der Waals surface area contributed by atoms with E-state index in [1.807, 2.05) is 0 Å². The summed E-state index contributed by atoms with van der Waals surface area (Å²) in [6, 6.07) is 11.4. The van der Waals surface area contributed by atoms with E-state index in [0.717, 1.165) is 19.6 Å². The number of hydrogen-bond donors (Lipinski definition) is 2. The number of aryl methyl sites for hydroxylation is 1. The van der Waals surface area contributed by atoms with E-state index in [1.165, 1.54) is 18.4 Å². The van der Waals surface area contributed by atoms with Crippen molar-refractivity contribution in [2.24, 2.45) is 0 Å². The van der Waals surface area contributed by atoms with E-state index in [4.69, 9.17) is 0 Å². The zero-order valence-corrected chi connectivity index (χ0v) is 8.50. The summed E-state index contributed by atoms with van der Waals surface area (Å²) >= 11 is 0. The molecule has 2 nitrogen and oxygen atoms in total. The first-order chi connectivity index (χ1) is 6.95. The molecule has 0 radical (unpaired) electrons. The number of rotatable bonds is 3. The number of nitrogens with one attached hydrogen (secondary N) is 2. The van der Waals surface area contributed by atoms with E-state index >= 15 is 0 Å². The highest BCUT2D eigenvalue weighted by Gasteiger charge is 2.10. The third kappa shape index (κ3) is 2.82. The predicted octanol–water partition coefficient (Wildman–Crippen LogP) is 1.18. The van der Waals surface area contributed by atoms with Crippen LogP contribution in [0.5, 0.6) is 0 Å². The van der Waals surface area contributed by atoms with E-state index in [9.17, 15) is 0 Å². The van der Waals surface area contributed by atoms with E-state index < -0.39 is 0 Å². The third-order valence-electron chi connectivity index (χ3n) is 2.75. The molecule has 0 saturated carbocycles. The van der Waals surface area contributed by atoms with Gasteiger partial charge in [0.15, 0.2) is 0 Å². The molecule has 0 aliphatic carbocycles. The lowest BCUT2D eigenvalue weighted by atomic mass is 10.0. The van der Waals surface area contributed by atoms with Gasteiger partial charge < -0.3 is 10.6 Å². The molecule has 2 rings (SSSR count). The van der Waals surface area contributed by atoms with Gasteiger partial charge in [-0.25, -0.2) is 0 Å². The summed E-state index contributed by atoms with van der Waals surface area (Å²) in [6.07, 6.45) is 2.41. The lowest BCUT2D eigenvalue weighted by molar-refractivity contribution is 0.400. The molecule has 1 aromatic carbocycles. The van der Waals surface area contributed by atoms with Crippen molar-refractivity contribution in [3.63, 3.8) is 0 Å². The maximum Gasteiger partial charge on any atom is 0.0196 e. The fourth-order valence-corrected chi connectivity index (χ4v) is 1.90. The summed E-state index contributed by atoms with van der Waals surface area (Å²) in [6.45, 7) is 3.34. The van der Waals surface area contributed by atoms with Gasteiger partial charge in [0.1, 0.15) is 0 Å². The number of piperazine rings is 1. The molecule has 0 aromatic heterocycles. The second kappa shape index (κ2) is 5.13. The highest BCUT2D eigenvalue weighted by atomic mass is 15.0. The minimum Gasteiger partial charge on any atom is -0.314 e. The van der Waals surface area contributed by atoms with Gasteiger partial charge in [-0.15, -0.1) is 0 Å². The average Bonchev–Trinajstić information content (AvgIpc) is 2.29. The Morgan fingerprint density at radius 2 is 2.00 bits per heavy atom. The van der Waals surface area contributed by atoms with Crippen LogP contribution in [-0.4, -0.2) is 25.7 Å². The summed E-state index contributed by atoms with van der Waals surface area (Å²) in [5.41, 5.74) is 1.44. The van der Waals surface area contributed by atoms with Crippen LogP contribution in [0.2, 0.25) is 0 Å². The fourth-order valence-electron chi connectivity index (χ4n) is 1.90. The molecule has 1 aromatic rings. The number of hydrogen-bond acceptors (Lipinski definition) is 2. The van der Waals surface area contributed by atoms with Crippen LogP contribution in [0.1, 0.15) is 12.0 Å². The van der Waals surface area contributed by atoms with Crippen LogP contribution < -0.4 is 10.6 Å². The van der Waals surface area contributed by atoms with Gasteiger partial charge in [-0.2, -0.15) is 0 Å². The van der Waals surface area contributed by atoms with Crippen LogP contribution >= 0.6 is 0 Å². The summed E-state index contributed by atoms with van der Waals surface area (Å²) in [7, 11) is 0. The van der Waals surface area contributed by atoms with Gasteiger partial charge in [0.25, 0.3) is 0 Å². The molecule has 1 fully saturated rings. The van der Waals surface area contributed by atoms with Gasteiger partial charge in [-0.1, -0.05) is 30.3 Å². The van der Waals surface area contributed by atoms with Gasteiger partial charge >= 0.3 is 0 Å². The lowest BCUT2D eigenvalue weighted by Gasteiger charge is -2.24. The molecule has 1 atom stereocenters. The molecule has 2 N–H and O–H groups in total. The molecule has 0 spiro atoms. The van der Waals surface area contributed by atoms with Gasteiger partial charge in [0.2, 0.25) is 0 Å². The quantitative estimate of drug-likeness (QED) is 0.748. The second-order valence-electron chi connectivity index (χ2n) is 3.88. The molecule has 2 heteroatoms. The van der Waals surface area contributed by atoms with Crippen molar-refractivity contribution < 1.29 is 0 Å². The first kappa shape index (κ1) is 9.69. The zero-order valence-electron chi connectivity index (χ0n) is 8.50. The third-order valence-corrected chi connectivity index (χ3v) is 2.75. The molecule has 1 aliphatic rings. The Morgan fingerprint density at radius 1 is 1.14 bits per heavy atom. The largest absolute Gasteiger partial charge is 0.314 e. The Morgan fingerprint density at radius 3 is 2.71 bits per heavy atom. The Hall–Kier alpha value is -0.860. The van der Waals surface area contributed by atoms with Crippen LogP contribution in [0.15, 0.2) is 30.3 Å². The van der Waals surface area contributed by atoms with Gasteiger partial charge in [-0.05, 0) is 18.4 Å². The SMILES string of the molecule is c1ccc(CC[C@@H]2CNCCN2)cc1. The van der Waals surface area contributed by atoms with Gasteiger partial charge in [0.05, 0.1) is 0 Å². The van der Waals surface area contributed by atoms with E-state index in [1.54, 1.807) is 0 Å². The first-order valence-electron chi connectivity index (χ1n) is 5.43. The highest BCUT2D eigenvalue weighted by molar-refractivity contribution is 5.14. The minimum absolute atomic E-state index is 0.656. The second-order valence-corrected chi connectivity index (χ2v) is 3.88.